The quantitative estimate of drug-likeness (QED) is 0.912. The van der Waals surface area contributed by atoms with Crippen molar-refractivity contribution in [2.24, 2.45) is 0 Å². The molecule has 0 unspecified atom stereocenters. The first kappa shape index (κ1) is 15.0. The molecule has 1 heterocycles. The van der Waals surface area contributed by atoms with E-state index in [4.69, 9.17) is 4.74 Å². The lowest BCUT2D eigenvalue weighted by Crippen LogP contribution is -2.15. The van der Waals surface area contributed by atoms with E-state index in [0.717, 1.165) is 0 Å². The van der Waals surface area contributed by atoms with E-state index in [1.807, 2.05) is 38.4 Å². The molecule has 0 bridgehead atoms. The van der Waals surface area contributed by atoms with E-state index in [0.29, 0.717) is 23.6 Å². The molecule has 0 spiro atoms. The summed E-state index contributed by atoms with van der Waals surface area (Å²) in [6.07, 6.45) is 0. The van der Waals surface area contributed by atoms with Crippen molar-refractivity contribution >= 4 is 11.9 Å². The normalized spacial score (nSPS) is 10.6. The van der Waals surface area contributed by atoms with Gasteiger partial charge < -0.3 is 15.0 Å². The maximum atomic E-state index is 5.72. The molecular formula is C15H21N5O. The summed E-state index contributed by atoms with van der Waals surface area (Å²) < 4.78 is 5.72. The number of hydrogen-bond acceptors (Lipinski definition) is 6. The van der Waals surface area contributed by atoms with Crippen molar-refractivity contribution in [3.8, 4) is 11.8 Å². The third-order valence-corrected chi connectivity index (χ3v) is 2.98. The first-order valence-electron chi connectivity index (χ1n) is 6.88. The topological polar surface area (TPSA) is 63.2 Å². The fraction of sp³-hybridized carbons (Fsp3) is 0.400. The average molecular weight is 287 g/mol. The summed E-state index contributed by atoms with van der Waals surface area (Å²) in [7, 11) is 5.50. The van der Waals surface area contributed by atoms with E-state index in [1.54, 1.807) is 11.9 Å². The summed E-state index contributed by atoms with van der Waals surface area (Å²) in [5.41, 5.74) is 1.27. The van der Waals surface area contributed by atoms with Gasteiger partial charge in [-0.15, -0.1) is 0 Å². The van der Waals surface area contributed by atoms with Crippen LogP contribution in [0, 0.1) is 0 Å². The minimum atomic E-state index is 0.273. The third kappa shape index (κ3) is 3.81. The predicted octanol–water partition coefficient (Wildman–Crippen LogP) is 2.90. The Morgan fingerprint density at radius 1 is 1.05 bits per heavy atom. The lowest BCUT2D eigenvalue weighted by atomic mass is 10.0. The van der Waals surface area contributed by atoms with E-state index in [2.05, 4.69) is 34.1 Å². The molecule has 2 aromatic rings. The van der Waals surface area contributed by atoms with Crippen molar-refractivity contribution in [3.63, 3.8) is 0 Å². The Morgan fingerprint density at radius 3 is 2.24 bits per heavy atom. The van der Waals surface area contributed by atoms with Crippen LogP contribution in [0.3, 0.4) is 0 Å². The largest absolute Gasteiger partial charge is 0.424 e. The van der Waals surface area contributed by atoms with Gasteiger partial charge in [-0.25, -0.2) is 0 Å². The lowest BCUT2D eigenvalue weighted by Gasteiger charge is -2.13. The minimum absolute atomic E-state index is 0.273. The van der Waals surface area contributed by atoms with Gasteiger partial charge in [0.1, 0.15) is 5.75 Å². The molecule has 0 aliphatic heterocycles. The monoisotopic (exact) mass is 287 g/mol. The third-order valence-electron chi connectivity index (χ3n) is 2.98. The van der Waals surface area contributed by atoms with Crippen molar-refractivity contribution in [2.45, 2.75) is 19.8 Å². The van der Waals surface area contributed by atoms with Gasteiger partial charge in [-0.1, -0.05) is 26.0 Å². The highest BCUT2D eigenvalue weighted by atomic mass is 16.5. The molecule has 0 aliphatic rings. The Kier molecular flexibility index (Phi) is 4.57. The van der Waals surface area contributed by atoms with Gasteiger partial charge in [0.15, 0.2) is 0 Å². The van der Waals surface area contributed by atoms with Gasteiger partial charge in [-0.05, 0) is 23.6 Å². The molecular weight excluding hydrogens is 266 g/mol. The van der Waals surface area contributed by atoms with Crippen molar-refractivity contribution in [3.05, 3.63) is 29.8 Å². The summed E-state index contributed by atoms with van der Waals surface area (Å²) in [5.74, 6) is 2.22. The van der Waals surface area contributed by atoms with Crippen LogP contribution < -0.4 is 15.0 Å². The summed E-state index contributed by atoms with van der Waals surface area (Å²) in [4.78, 5) is 14.5. The molecule has 1 N–H and O–H groups in total. The highest BCUT2D eigenvalue weighted by Gasteiger charge is 2.09. The molecule has 0 radical (unpaired) electrons. The van der Waals surface area contributed by atoms with Crippen LogP contribution in [0.15, 0.2) is 24.3 Å². The summed E-state index contributed by atoms with van der Waals surface area (Å²) in [6, 6.07) is 8.22. The Hall–Kier alpha value is -2.37. The summed E-state index contributed by atoms with van der Waals surface area (Å²) in [5, 5.41) is 2.90. The fourth-order valence-corrected chi connectivity index (χ4v) is 1.73. The van der Waals surface area contributed by atoms with Crippen molar-refractivity contribution < 1.29 is 4.74 Å². The molecule has 1 aromatic carbocycles. The van der Waals surface area contributed by atoms with Crippen LogP contribution in [0.1, 0.15) is 25.3 Å². The number of benzene rings is 1. The molecule has 0 fully saturated rings. The maximum Gasteiger partial charge on any atom is 0.328 e. The smallest absolute Gasteiger partial charge is 0.328 e. The average Bonchev–Trinajstić information content (AvgIpc) is 2.47. The fourth-order valence-electron chi connectivity index (χ4n) is 1.73. The van der Waals surface area contributed by atoms with Crippen molar-refractivity contribution in [1.82, 2.24) is 15.0 Å². The number of aromatic nitrogens is 3. The van der Waals surface area contributed by atoms with E-state index in [1.165, 1.54) is 5.56 Å². The van der Waals surface area contributed by atoms with Gasteiger partial charge in [-0.2, -0.15) is 15.0 Å². The van der Waals surface area contributed by atoms with Crippen LogP contribution in [-0.2, 0) is 0 Å². The number of nitrogens with zero attached hydrogens (tertiary/aromatic N) is 4. The number of hydrogen-bond donors (Lipinski definition) is 1. The zero-order valence-corrected chi connectivity index (χ0v) is 13.1. The molecule has 0 amide bonds. The summed E-state index contributed by atoms with van der Waals surface area (Å²) >= 11 is 0. The molecule has 112 valence electrons. The lowest BCUT2D eigenvalue weighted by molar-refractivity contribution is 0.440. The van der Waals surface area contributed by atoms with Gasteiger partial charge in [0, 0.05) is 21.1 Å². The van der Waals surface area contributed by atoms with Crippen LogP contribution in [-0.4, -0.2) is 36.1 Å². The first-order valence-corrected chi connectivity index (χ1v) is 6.88. The Morgan fingerprint density at radius 2 is 1.71 bits per heavy atom. The van der Waals surface area contributed by atoms with E-state index in [9.17, 15) is 0 Å². The maximum absolute atomic E-state index is 5.72. The number of rotatable bonds is 5. The van der Waals surface area contributed by atoms with Crippen LogP contribution in [0.2, 0.25) is 0 Å². The second-order valence-electron chi connectivity index (χ2n) is 5.21. The number of nitrogens with one attached hydrogen (secondary N) is 1. The molecule has 0 saturated carbocycles. The van der Waals surface area contributed by atoms with E-state index < -0.39 is 0 Å². The van der Waals surface area contributed by atoms with Crippen molar-refractivity contribution in [1.29, 1.82) is 0 Å². The van der Waals surface area contributed by atoms with Gasteiger partial charge in [0.05, 0.1) is 0 Å². The summed E-state index contributed by atoms with van der Waals surface area (Å²) in [6.45, 7) is 4.31. The van der Waals surface area contributed by atoms with Gasteiger partial charge in [-0.3, -0.25) is 0 Å². The SMILES string of the molecule is CNc1nc(Oc2ccc(C(C)C)cc2)nc(N(C)C)n1. The Labute approximate surface area is 125 Å². The Balaban J connectivity index is 2.24. The van der Waals surface area contributed by atoms with Crippen LogP contribution in [0.5, 0.6) is 11.8 Å². The molecule has 0 atom stereocenters. The molecule has 0 saturated heterocycles. The highest BCUT2D eigenvalue weighted by molar-refractivity contribution is 5.38. The molecule has 1 aromatic heterocycles. The molecule has 6 nitrogen and oxygen atoms in total. The number of ether oxygens (including phenoxy) is 1. The van der Waals surface area contributed by atoms with Gasteiger partial charge >= 0.3 is 6.01 Å². The van der Waals surface area contributed by atoms with Crippen LogP contribution >= 0.6 is 0 Å². The first-order chi connectivity index (χ1) is 9.99. The zero-order chi connectivity index (χ0) is 15.4. The van der Waals surface area contributed by atoms with Crippen LogP contribution in [0.25, 0.3) is 0 Å². The zero-order valence-electron chi connectivity index (χ0n) is 13.1. The predicted molar refractivity (Wildman–Crippen MR) is 84.3 cm³/mol. The van der Waals surface area contributed by atoms with Crippen LogP contribution in [0.4, 0.5) is 11.9 Å². The van der Waals surface area contributed by atoms with Gasteiger partial charge in [0.25, 0.3) is 0 Å². The van der Waals surface area contributed by atoms with E-state index >= 15 is 0 Å². The second-order valence-corrected chi connectivity index (χ2v) is 5.21. The minimum Gasteiger partial charge on any atom is -0.424 e. The number of anilines is 2. The Bertz CT molecular complexity index is 596. The molecule has 0 aliphatic carbocycles. The second kappa shape index (κ2) is 6.39. The van der Waals surface area contributed by atoms with E-state index in [-0.39, 0.29) is 6.01 Å². The standard InChI is InChI=1S/C15H21N5O/c1-10(2)11-6-8-12(9-7-11)21-15-18-13(16-3)17-14(19-15)20(4)5/h6-10H,1-5H3,(H,16,17,18,19). The molecule has 21 heavy (non-hydrogen) atoms. The molecule has 2 rings (SSSR count). The van der Waals surface area contributed by atoms with Gasteiger partial charge in [0.2, 0.25) is 11.9 Å². The highest BCUT2D eigenvalue weighted by Crippen LogP contribution is 2.23. The van der Waals surface area contributed by atoms with Crippen molar-refractivity contribution in [2.75, 3.05) is 31.4 Å². The molecule has 6 heteroatoms.